The monoisotopic (exact) mass is 313 g/mol. The summed E-state index contributed by atoms with van der Waals surface area (Å²) in [6, 6.07) is 2.50. The quantitative estimate of drug-likeness (QED) is 0.668. The number of nitrogens with one attached hydrogen (secondary N) is 1. The van der Waals surface area contributed by atoms with E-state index in [9.17, 15) is 18.5 Å². The molecule has 0 amide bonds. The molecule has 1 N–H and O–H groups in total. The zero-order valence-corrected chi connectivity index (χ0v) is 13.1. The van der Waals surface area contributed by atoms with Crippen LogP contribution in [0.3, 0.4) is 0 Å². The number of nitro benzene ring substituents is 1. The van der Waals surface area contributed by atoms with Crippen LogP contribution in [0.1, 0.15) is 18.1 Å². The summed E-state index contributed by atoms with van der Waals surface area (Å²) in [5, 5.41) is 14.3. The number of hydrogen-bond donors (Lipinski definition) is 1. The van der Waals surface area contributed by atoms with Crippen molar-refractivity contribution in [3.63, 3.8) is 0 Å². The number of piperazine rings is 1. The molecule has 0 radical (unpaired) electrons. The molecule has 0 spiro atoms. The van der Waals surface area contributed by atoms with Gasteiger partial charge in [-0.2, -0.15) is 4.31 Å². The van der Waals surface area contributed by atoms with Gasteiger partial charge in [0.15, 0.2) is 4.90 Å². The molecule has 1 aromatic rings. The minimum absolute atomic E-state index is 0.218. The van der Waals surface area contributed by atoms with Gasteiger partial charge in [0.25, 0.3) is 5.69 Å². The largest absolute Gasteiger partial charge is 0.314 e. The van der Waals surface area contributed by atoms with Gasteiger partial charge in [-0.25, -0.2) is 8.42 Å². The molecule has 8 heteroatoms. The average molecular weight is 313 g/mol. The average Bonchev–Trinajstić information content (AvgIpc) is 2.41. The van der Waals surface area contributed by atoms with E-state index in [-0.39, 0.29) is 16.6 Å². The van der Waals surface area contributed by atoms with Crippen LogP contribution in [0, 0.1) is 24.0 Å². The summed E-state index contributed by atoms with van der Waals surface area (Å²) in [5.74, 6) is 0. The highest BCUT2D eigenvalue weighted by Gasteiger charge is 2.36. The fourth-order valence-corrected chi connectivity index (χ4v) is 4.29. The Kier molecular flexibility index (Phi) is 4.31. The topological polar surface area (TPSA) is 92.5 Å². The lowest BCUT2D eigenvalue weighted by Gasteiger charge is -2.32. The molecule has 1 saturated heterocycles. The maximum atomic E-state index is 12.8. The fraction of sp³-hybridized carbons (Fsp3) is 0.538. The first kappa shape index (κ1) is 15.9. The highest BCUT2D eigenvalue weighted by molar-refractivity contribution is 7.89. The first-order valence-corrected chi connectivity index (χ1v) is 8.17. The van der Waals surface area contributed by atoms with Crippen molar-refractivity contribution in [2.24, 2.45) is 0 Å². The first-order chi connectivity index (χ1) is 9.75. The Bertz CT molecular complexity index is 672. The van der Waals surface area contributed by atoms with Crippen LogP contribution in [0.15, 0.2) is 17.0 Å². The second kappa shape index (κ2) is 5.70. The van der Waals surface area contributed by atoms with E-state index in [1.165, 1.54) is 16.4 Å². The van der Waals surface area contributed by atoms with Gasteiger partial charge in [0, 0.05) is 31.7 Å². The molecule has 0 unspecified atom stereocenters. The maximum absolute atomic E-state index is 12.8. The third-order valence-corrected chi connectivity index (χ3v) is 5.84. The lowest BCUT2D eigenvalue weighted by atomic mass is 10.1. The molecule has 2 rings (SSSR count). The van der Waals surface area contributed by atoms with Crippen molar-refractivity contribution in [1.82, 2.24) is 9.62 Å². The molecule has 0 aromatic heterocycles. The van der Waals surface area contributed by atoms with Crippen molar-refractivity contribution >= 4 is 15.7 Å². The minimum Gasteiger partial charge on any atom is -0.314 e. The minimum atomic E-state index is -3.87. The van der Waals surface area contributed by atoms with Gasteiger partial charge >= 0.3 is 0 Å². The van der Waals surface area contributed by atoms with E-state index in [1.807, 2.05) is 0 Å². The highest BCUT2D eigenvalue weighted by Crippen LogP contribution is 2.30. The Morgan fingerprint density at radius 1 is 1.33 bits per heavy atom. The number of nitro groups is 1. The summed E-state index contributed by atoms with van der Waals surface area (Å²) in [7, 11) is -3.87. The van der Waals surface area contributed by atoms with Crippen LogP contribution < -0.4 is 5.32 Å². The van der Waals surface area contributed by atoms with Gasteiger partial charge in [-0.15, -0.1) is 0 Å². The van der Waals surface area contributed by atoms with Crippen molar-refractivity contribution in [1.29, 1.82) is 0 Å². The van der Waals surface area contributed by atoms with Gasteiger partial charge in [-0.1, -0.05) is 0 Å². The summed E-state index contributed by atoms with van der Waals surface area (Å²) < 4.78 is 26.9. The molecule has 1 aromatic carbocycles. The number of aryl methyl sites for hydroxylation is 2. The van der Waals surface area contributed by atoms with Crippen LogP contribution in [-0.4, -0.2) is 43.3 Å². The van der Waals surface area contributed by atoms with E-state index >= 15 is 0 Å². The van der Waals surface area contributed by atoms with Crippen molar-refractivity contribution in [3.8, 4) is 0 Å². The Balaban J connectivity index is 2.58. The summed E-state index contributed by atoms with van der Waals surface area (Å²) >= 11 is 0. The lowest BCUT2D eigenvalue weighted by Crippen LogP contribution is -2.52. The van der Waals surface area contributed by atoms with Gasteiger partial charge in [-0.3, -0.25) is 10.1 Å². The third kappa shape index (κ3) is 2.92. The van der Waals surface area contributed by atoms with Crippen molar-refractivity contribution in [2.45, 2.75) is 31.7 Å². The summed E-state index contributed by atoms with van der Waals surface area (Å²) in [4.78, 5) is 10.4. The summed E-state index contributed by atoms with van der Waals surface area (Å²) in [6.07, 6.45) is 0. The molecule has 0 aliphatic carbocycles. The number of nitrogens with zero attached hydrogens (tertiary/aromatic N) is 2. The van der Waals surface area contributed by atoms with Crippen LogP contribution in [0.2, 0.25) is 0 Å². The van der Waals surface area contributed by atoms with E-state index in [0.29, 0.717) is 25.2 Å². The number of rotatable bonds is 3. The number of hydrogen-bond acceptors (Lipinski definition) is 5. The lowest BCUT2D eigenvalue weighted by molar-refractivity contribution is -0.387. The maximum Gasteiger partial charge on any atom is 0.289 e. The van der Waals surface area contributed by atoms with Crippen LogP contribution in [0.25, 0.3) is 0 Å². The van der Waals surface area contributed by atoms with Gasteiger partial charge in [-0.05, 0) is 38.0 Å². The van der Waals surface area contributed by atoms with Crippen LogP contribution in [0.5, 0.6) is 0 Å². The molecular formula is C13H19N3O4S. The van der Waals surface area contributed by atoms with E-state index in [2.05, 4.69) is 5.32 Å². The predicted molar refractivity (Wildman–Crippen MR) is 78.8 cm³/mol. The van der Waals surface area contributed by atoms with E-state index in [0.717, 1.165) is 5.56 Å². The molecular weight excluding hydrogens is 294 g/mol. The Hall–Kier alpha value is -1.51. The zero-order chi connectivity index (χ0) is 15.8. The Morgan fingerprint density at radius 3 is 2.52 bits per heavy atom. The van der Waals surface area contributed by atoms with Gasteiger partial charge in [0.05, 0.1) is 4.92 Å². The molecule has 1 heterocycles. The second-order valence-electron chi connectivity index (χ2n) is 5.33. The summed E-state index contributed by atoms with van der Waals surface area (Å²) in [6.45, 7) is 6.66. The number of sulfonamides is 1. The van der Waals surface area contributed by atoms with Crippen LogP contribution in [0.4, 0.5) is 5.69 Å². The van der Waals surface area contributed by atoms with Crippen molar-refractivity contribution in [2.75, 3.05) is 19.6 Å². The van der Waals surface area contributed by atoms with Crippen molar-refractivity contribution in [3.05, 3.63) is 33.4 Å². The molecule has 0 saturated carbocycles. The van der Waals surface area contributed by atoms with E-state index in [4.69, 9.17) is 0 Å². The molecule has 21 heavy (non-hydrogen) atoms. The van der Waals surface area contributed by atoms with Gasteiger partial charge in [0.2, 0.25) is 10.0 Å². The van der Waals surface area contributed by atoms with Gasteiger partial charge in [0.1, 0.15) is 0 Å². The molecule has 0 bridgehead atoms. The smallest absolute Gasteiger partial charge is 0.289 e. The molecule has 7 nitrogen and oxygen atoms in total. The van der Waals surface area contributed by atoms with Crippen LogP contribution >= 0.6 is 0 Å². The Labute approximate surface area is 124 Å². The fourth-order valence-electron chi connectivity index (χ4n) is 2.43. The molecule has 1 atom stereocenters. The summed E-state index contributed by atoms with van der Waals surface area (Å²) in [5.41, 5.74) is 1.07. The van der Waals surface area contributed by atoms with Crippen molar-refractivity contribution < 1.29 is 13.3 Å². The molecule has 116 valence electrons. The Morgan fingerprint density at radius 2 is 1.95 bits per heavy atom. The SMILES string of the molecule is Cc1cc([N+](=O)[O-])c(S(=O)(=O)N2CCNC[C@H]2C)cc1C. The first-order valence-electron chi connectivity index (χ1n) is 6.73. The number of benzene rings is 1. The standard InChI is InChI=1S/C13H19N3O4S/c1-9-6-12(16(17)18)13(7-10(9)2)21(19,20)15-5-4-14-8-11(15)3/h6-7,11,14H,4-5,8H2,1-3H3/t11-/m1/s1. The molecule has 1 fully saturated rings. The highest BCUT2D eigenvalue weighted by atomic mass is 32.2. The normalized spacial score (nSPS) is 20.4. The third-order valence-electron chi connectivity index (χ3n) is 3.80. The second-order valence-corrected chi connectivity index (χ2v) is 7.19. The van der Waals surface area contributed by atoms with E-state index < -0.39 is 14.9 Å². The van der Waals surface area contributed by atoms with Crippen LogP contribution in [-0.2, 0) is 10.0 Å². The zero-order valence-electron chi connectivity index (χ0n) is 12.3. The van der Waals surface area contributed by atoms with Gasteiger partial charge < -0.3 is 5.32 Å². The van der Waals surface area contributed by atoms with E-state index in [1.54, 1.807) is 20.8 Å². The molecule has 1 aliphatic heterocycles. The molecule has 1 aliphatic rings. The predicted octanol–water partition coefficient (Wildman–Crippen LogP) is 1.19.